The highest BCUT2D eigenvalue weighted by Gasteiger charge is 1.98. The quantitative estimate of drug-likeness (QED) is 0.423. The van der Waals surface area contributed by atoms with Crippen molar-refractivity contribution in [1.82, 2.24) is 0 Å². The molecule has 0 aliphatic rings. The molecule has 0 aliphatic heterocycles. The lowest BCUT2D eigenvalue weighted by Gasteiger charge is -1.93. The maximum atomic E-state index is 10.5. The minimum atomic E-state index is -0.257. The molecule has 0 N–H and O–H groups in total. The van der Waals surface area contributed by atoms with Crippen molar-refractivity contribution < 1.29 is 33.4 Å². The van der Waals surface area contributed by atoms with Crippen LogP contribution in [0, 0.1) is 0 Å². The molecule has 0 amide bonds. The molecule has 0 heterocycles. The van der Waals surface area contributed by atoms with Crippen LogP contribution in [0.25, 0.3) is 0 Å². The monoisotopic (exact) mass is 360 g/mol. The molecule has 146 valence electrons. The van der Waals surface area contributed by atoms with Crippen LogP contribution >= 0.6 is 0 Å². The minimum Gasteiger partial charge on any atom is -0.466 e. The number of aldehydes is 3. The van der Waals surface area contributed by atoms with Crippen LogP contribution in [0.2, 0.25) is 0 Å². The van der Waals surface area contributed by atoms with Gasteiger partial charge in [-0.1, -0.05) is 12.2 Å². The first-order valence-electron chi connectivity index (χ1n) is 7.30. The van der Waals surface area contributed by atoms with Crippen molar-refractivity contribution in [3.05, 3.63) is 23.3 Å². The predicted octanol–water partition coefficient (Wildman–Crippen LogP) is 2.87. The zero-order valence-electron chi connectivity index (χ0n) is 16.7. The van der Waals surface area contributed by atoms with Crippen molar-refractivity contribution in [3.63, 3.8) is 0 Å². The number of ether oxygens (including phenoxy) is 2. The number of carbonyl (C=O) groups is 5. The average molecular weight is 360 g/mol. The average Bonchev–Trinajstić information content (AvgIpc) is 2.61. The third-order valence-electron chi connectivity index (χ3n) is 1.88. The van der Waals surface area contributed by atoms with Crippen LogP contribution in [0.15, 0.2) is 23.3 Å². The van der Waals surface area contributed by atoms with Crippen LogP contribution in [0.4, 0.5) is 0 Å². The summed E-state index contributed by atoms with van der Waals surface area (Å²) in [6.45, 7) is 11.4. The second-order valence-electron chi connectivity index (χ2n) is 3.63. The van der Waals surface area contributed by atoms with Gasteiger partial charge in [0.15, 0.2) is 0 Å². The zero-order chi connectivity index (χ0) is 21.3. The molecule has 0 aromatic heterocycles. The van der Waals surface area contributed by atoms with E-state index < -0.39 is 0 Å². The van der Waals surface area contributed by atoms with Gasteiger partial charge in [-0.15, -0.1) is 0 Å². The second-order valence-corrected chi connectivity index (χ2v) is 3.63. The third-order valence-corrected chi connectivity index (χ3v) is 1.88. The van der Waals surface area contributed by atoms with E-state index in [0.29, 0.717) is 11.1 Å². The molecule has 0 rings (SSSR count). The van der Waals surface area contributed by atoms with Crippen LogP contribution in [-0.4, -0.2) is 45.0 Å². The van der Waals surface area contributed by atoms with Gasteiger partial charge in [0, 0.05) is 11.1 Å². The summed E-state index contributed by atoms with van der Waals surface area (Å²) in [5.74, 6) is -0.514. The normalized spacial score (nSPS) is 8.68. The molecule has 0 spiro atoms. The first-order chi connectivity index (χ1) is 11.7. The molecule has 0 aliphatic carbocycles. The second kappa shape index (κ2) is 33.1. The van der Waals surface area contributed by atoms with Gasteiger partial charge < -0.3 is 23.9 Å². The Morgan fingerprint density at radius 3 is 0.800 bits per heavy atom. The number of esters is 2. The van der Waals surface area contributed by atoms with Crippen molar-refractivity contribution >= 4 is 30.8 Å². The Morgan fingerprint density at radius 1 is 0.600 bits per heavy atom. The van der Waals surface area contributed by atoms with Crippen LogP contribution in [0.3, 0.4) is 0 Å². The summed E-state index contributed by atoms with van der Waals surface area (Å²) in [4.78, 5) is 47.3. The minimum absolute atomic E-state index is 0.257. The van der Waals surface area contributed by atoms with E-state index in [4.69, 9.17) is 14.4 Å². The van der Waals surface area contributed by atoms with Gasteiger partial charge in [-0.3, -0.25) is 0 Å². The van der Waals surface area contributed by atoms with E-state index >= 15 is 0 Å². The maximum Gasteiger partial charge on any atom is 0.333 e. The van der Waals surface area contributed by atoms with Gasteiger partial charge in [0.05, 0.1) is 14.2 Å². The number of rotatable bonds is 2. The van der Waals surface area contributed by atoms with Crippen molar-refractivity contribution in [1.29, 1.82) is 0 Å². The molecule has 0 aromatic rings. The van der Waals surface area contributed by atoms with Crippen molar-refractivity contribution in [3.8, 4) is 0 Å². The first kappa shape index (κ1) is 33.9. The SMILES string of the molecule is C/C=C(/C)C(=O)OC.C/C=C(\C)C(=O)OC.CC=O.CC=O.CC=O. The summed E-state index contributed by atoms with van der Waals surface area (Å²) in [6, 6.07) is 0. The number of hydrogen-bond donors (Lipinski definition) is 0. The Balaban J connectivity index is -0.0000000731. The van der Waals surface area contributed by atoms with Gasteiger partial charge >= 0.3 is 11.9 Å². The fraction of sp³-hybridized carbons (Fsp3) is 0.500. The first-order valence-corrected chi connectivity index (χ1v) is 7.30. The summed E-state index contributed by atoms with van der Waals surface area (Å²) < 4.78 is 8.79. The molecule has 0 fully saturated rings. The molecule has 0 atom stereocenters. The smallest absolute Gasteiger partial charge is 0.333 e. The van der Waals surface area contributed by atoms with E-state index in [9.17, 15) is 9.59 Å². The van der Waals surface area contributed by atoms with Gasteiger partial charge in [0.1, 0.15) is 18.9 Å². The van der Waals surface area contributed by atoms with Gasteiger partial charge in [-0.25, -0.2) is 9.59 Å². The maximum absolute atomic E-state index is 10.5. The molecular formula is C18H32O7. The lowest BCUT2D eigenvalue weighted by atomic mass is 10.3. The Bertz CT molecular complexity index is 363. The summed E-state index contributed by atoms with van der Waals surface area (Å²) >= 11 is 0. The number of carbonyl (C=O) groups excluding carboxylic acids is 5. The molecule has 0 bridgehead atoms. The molecule has 0 radical (unpaired) electrons. The van der Waals surface area contributed by atoms with Crippen LogP contribution in [0.1, 0.15) is 48.5 Å². The molecule has 25 heavy (non-hydrogen) atoms. The summed E-state index contributed by atoms with van der Waals surface area (Å²) in [5, 5.41) is 0. The van der Waals surface area contributed by atoms with E-state index in [1.165, 1.54) is 35.0 Å². The van der Waals surface area contributed by atoms with Crippen LogP contribution in [-0.2, 0) is 33.4 Å². The molecule has 0 unspecified atom stereocenters. The molecular weight excluding hydrogens is 328 g/mol. The zero-order valence-corrected chi connectivity index (χ0v) is 16.7. The Morgan fingerprint density at radius 2 is 0.760 bits per heavy atom. The lowest BCUT2D eigenvalue weighted by molar-refractivity contribution is -0.136. The van der Waals surface area contributed by atoms with E-state index in [0.717, 1.165) is 18.9 Å². The largest absolute Gasteiger partial charge is 0.466 e. The van der Waals surface area contributed by atoms with Gasteiger partial charge in [-0.2, -0.15) is 0 Å². The number of hydrogen-bond acceptors (Lipinski definition) is 7. The van der Waals surface area contributed by atoms with E-state index in [-0.39, 0.29) is 11.9 Å². The fourth-order valence-corrected chi connectivity index (χ4v) is 0.558. The van der Waals surface area contributed by atoms with Gasteiger partial charge in [-0.05, 0) is 48.5 Å². The van der Waals surface area contributed by atoms with Crippen LogP contribution in [0.5, 0.6) is 0 Å². The summed E-state index contributed by atoms with van der Waals surface area (Å²) in [7, 11) is 2.74. The standard InChI is InChI=1S/2C6H10O2.3C2H4O/c2*1-4-5(2)6(7)8-3;3*1-2-3/h2*4H,1-3H3;3*2H,1H3/b5-4+;5-4-;;;. The molecule has 0 saturated heterocycles. The Kier molecular flexibility index (Phi) is 44.9. The van der Waals surface area contributed by atoms with E-state index in [2.05, 4.69) is 9.47 Å². The topological polar surface area (TPSA) is 104 Å². The van der Waals surface area contributed by atoms with Crippen molar-refractivity contribution in [2.45, 2.75) is 48.5 Å². The van der Waals surface area contributed by atoms with Gasteiger partial charge in [0.25, 0.3) is 0 Å². The molecule has 0 saturated carbocycles. The highest BCUT2D eigenvalue weighted by molar-refractivity contribution is 5.87. The van der Waals surface area contributed by atoms with Crippen molar-refractivity contribution in [2.24, 2.45) is 0 Å². The third kappa shape index (κ3) is 44.9. The van der Waals surface area contributed by atoms with E-state index in [1.54, 1.807) is 39.8 Å². The highest BCUT2D eigenvalue weighted by Crippen LogP contribution is 1.92. The number of allylic oxidation sites excluding steroid dienone is 2. The molecule has 7 nitrogen and oxygen atoms in total. The molecule has 0 aromatic carbocycles. The van der Waals surface area contributed by atoms with Crippen LogP contribution < -0.4 is 0 Å². The highest BCUT2D eigenvalue weighted by atomic mass is 16.5. The fourth-order valence-electron chi connectivity index (χ4n) is 0.558. The number of methoxy groups -OCH3 is 2. The summed E-state index contributed by atoms with van der Waals surface area (Å²) in [5.41, 5.74) is 1.29. The summed E-state index contributed by atoms with van der Waals surface area (Å²) in [6.07, 6.45) is 5.68. The Labute approximate surface area is 151 Å². The van der Waals surface area contributed by atoms with E-state index in [1.807, 2.05) is 0 Å². The Hall–Kier alpha value is -2.57. The van der Waals surface area contributed by atoms with Crippen molar-refractivity contribution in [2.75, 3.05) is 14.2 Å². The lowest BCUT2D eigenvalue weighted by Crippen LogP contribution is -2.00. The molecule has 7 heteroatoms. The predicted molar refractivity (Wildman–Crippen MR) is 98.1 cm³/mol. The van der Waals surface area contributed by atoms with Gasteiger partial charge in [0.2, 0.25) is 0 Å².